The summed E-state index contributed by atoms with van der Waals surface area (Å²) in [5.74, 6) is -2.31. The Kier molecular flexibility index (Phi) is 8.99. The van der Waals surface area contributed by atoms with Gasteiger partial charge in [-0.25, -0.2) is 17.3 Å². The van der Waals surface area contributed by atoms with Gasteiger partial charge in [0.15, 0.2) is 5.82 Å². The van der Waals surface area contributed by atoms with Crippen LogP contribution in [0.3, 0.4) is 0 Å². The van der Waals surface area contributed by atoms with E-state index < -0.39 is 34.4 Å². The number of hydrogen-bond donors (Lipinski definition) is 4. The largest absolute Gasteiger partial charge is 0.373 e. The Morgan fingerprint density at radius 1 is 1.02 bits per heavy atom. The van der Waals surface area contributed by atoms with Crippen molar-refractivity contribution < 1.29 is 22.6 Å². The molecule has 0 radical (unpaired) electrons. The van der Waals surface area contributed by atoms with Crippen molar-refractivity contribution in [3.8, 4) is 0 Å². The first-order chi connectivity index (χ1) is 20.6. The van der Waals surface area contributed by atoms with Crippen LogP contribution in [0.1, 0.15) is 32.1 Å². The Bertz CT molecular complexity index is 1640. The van der Waals surface area contributed by atoms with E-state index in [1.165, 1.54) is 0 Å². The monoisotopic (exact) mass is 610 g/mol. The number of nitrogens with one attached hydrogen (secondary N) is 4. The predicted molar refractivity (Wildman–Crippen MR) is 160 cm³/mol. The fourth-order valence-corrected chi connectivity index (χ4v) is 5.91. The van der Waals surface area contributed by atoms with Gasteiger partial charge >= 0.3 is 0 Å². The van der Waals surface area contributed by atoms with Gasteiger partial charge in [-0.15, -0.1) is 0 Å². The van der Waals surface area contributed by atoms with Crippen LogP contribution in [0, 0.1) is 11.6 Å². The highest BCUT2D eigenvalue weighted by Crippen LogP contribution is 2.29. The molecule has 0 saturated carbocycles. The van der Waals surface area contributed by atoms with Crippen molar-refractivity contribution in [1.82, 2.24) is 24.4 Å². The summed E-state index contributed by atoms with van der Waals surface area (Å²) in [5, 5.41) is 12.8. The highest BCUT2D eigenvalue weighted by Gasteiger charge is 2.28. The molecule has 1 atom stereocenters. The van der Waals surface area contributed by atoms with E-state index >= 15 is 0 Å². The molecule has 0 aliphatic carbocycles. The van der Waals surface area contributed by atoms with Crippen molar-refractivity contribution in [1.29, 1.82) is 0 Å². The zero-order chi connectivity index (χ0) is 30.7. The van der Waals surface area contributed by atoms with Gasteiger partial charge in [-0.3, -0.25) is 14.7 Å². The molecular weight excluding hydrogens is 578 g/mol. The van der Waals surface area contributed by atoms with Crippen LogP contribution in [-0.4, -0.2) is 81.2 Å². The third-order valence-corrected chi connectivity index (χ3v) is 8.48. The van der Waals surface area contributed by atoms with E-state index in [0.717, 1.165) is 42.7 Å². The lowest BCUT2D eigenvalue weighted by molar-refractivity contribution is 0.102. The van der Waals surface area contributed by atoms with E-state index in [1.807, 2.05) is 26.0 Å². The molecule has 0 bridgehead atoms. The lowest BCUT2D eigenvalue weighted by atomic mass is 10.1. The third kappa shape index (κ3) is 6.98. The van der Waals surface area contributed by atoms with Crippen molar-refractivity contribution in [2.45, 2.75) is 17.9 Å². The van der Waals surface area contributed by atoms with Gasteiger partial charge in [0.2, 0.25) is 0 Å². The van der Waals surface area contributed by atoms with Gasteiger partial charge in [-0.1, -0.05) is 0 Å². The molecule has 2 aromatic heterocycles. The number of nitrogens with zero attached hydrogens (tertiary/aromatic N) is 4. The molecule has 43 heavy (non-hydrogen) atoms. The quantitative estimate of drug-likeness (QED) is 0.217. The molecule has 1 aliphatic heterocycles. The van der Waals surface area contributed by atoms with Gasteiger partial charge in [0.05, 0.1) is 16.1 Å². The zero-order valence-electron chi connectivity index (χ0n) is 23.9. The van der Waals surface area contributed by atoms with Crippen LogP contribution in [-0.2, 0) is 24.0 Å². The van der Waals surface area contributed by atoms with Crippen molar-refractivity contribution in [2.75, 3.05) is 56.3 Å². The van der Waals surface area contributed by atoms with Gasteiger partial charge in [-0.2, -0.15) is 5.10 Å². The summed E-state index contributed by atoms with van der Waals surface area (Å²) < 4.78 is 42.2. The first-order valence-corrected chi connectivity index (χ1v) is 14.6. The molecule has 2 amide bonds. The fourth-order valence-electron chi connectivity index (χ4n) is 4.68. The van der Waals surface area contributed by atoms with E-state index in [9.17, 15) is 22.6 Å². The number of aromatic nitrogens is 3. The number of amides is 2. The number of rotatable bonds is 10. The molecule has 0 saturated heterocycles. The van der Waals surface area contributed by atoms with Crippen LogP contribution >= 0.6 is 0 Å². The minimum absolute atomic E-state index is 0.00752. The minimum atomic E-state index is -1.84. The van der Waals surface area contributed by atoms with Crippen molar-refractivity contribution in [2.24, 2.45) is 0 Å². The van der Waals surface area contributed by atoms with E-state index in [-0.39, 0.29) is 22.8 Å². The fraction of sp³-hybridized carbons (Fsp3) is 0.276. The lowest BCUT2D eigenvalue weighted by Crippen LogP contribution is -2.32. The van der Waals surface area contributed by atoms with Gasteiger partial charge in [-0.05, 0) is 56.6 Å². The SMILES string of the molecule is CN(C)CCN(C)c1ccc(C(=O)Nc2n[nH]c3c2CN(S(=O)c2cc(F)cc(F)c2)CC3)c(NC(=O)c2ccc[nH]2)c1. The molecule has 4 aromatic rings. The normalized spacial score (nSPS) is 13.9. The molecule has 4 N–H and O–H groups in total. The predicted octanol–water partition coefficient (Wildman–Crippen LogP) is 3.60. The number of aromatic amines is 2. The van der Waals surface area contributed by atoms with Gasteiger partial charge in [0.1, 0.15) is 28.3 Å². The maximum absolute atomic E-state index is 13.8. The molecule has 0 fully saturated rings. The van der Waals surface area contributed by atoms with E-state index in [4.69, 9.17) is 0 Å². The number of fused-ring (bicyclic) bond motifs is 1. The smallest absolute Gasteiger partial charge is 0.272 e. The molecule has 14 heteroatoms. The van der Waals surface area contributed by atoms with Crippen LogP contribution in [0.4, 0.5) is 26.0 Å². The number of carbonyl (C=O) groups is 2. The second-order valence-corrected chi connectivity index (χ2v) is 11.9. The number of H-pyrrole nitrogens is 2. The van der Waals surface area contributed by atoms with Crippen LogP contribution < -0.4 is 15.5 Å². The van der Waals surface area contributed by atoms with E-state index in [0.29, 0.717) is 29.9 Å². The average molecular weight is 611 g/mol. The Hall–Kier alpha value is -4.40. The van der Waals surface area contributed by atoms with Crippen molar-refractivity contribution in [3.05, 3.63) is 88.9 Å². The summed E-state index contributed by atoms with van der Waals surface area (Å²) in [5.41, 5.74) is 3.04. The minimum Gasteiger partial charge on any atom is -0.373 e. The molecule has 11 nitrogen and oxygen atoms in total. The molecule has 1 unspecified atom stereocenters. The second kappa shape index (κ2) is 12.9. The number of carbonyl (C=O) groups excluding carboxylic acids is 2. The van der Waals surface area contributed by atoms with Crippen LogP contribution in [0.25, 0.3) is 0 Å². The Balaban J connectivity index is 1.38. The molecule has 3 heterocycles. The van der Waals surface area contributed by atoms with Crippen LogP contribution in [0.15, 0.2) is 59.6 Å². The first-order valence-electron chi connectivity index (χ1n) is 13.5. The Labute approximate surface area is 249 Å². The topological polar surface area (TPSA) is 129 Å². The number of halogens is 2. The molecular formula is C29H32F2N8O3S. The number of likely N-dealkylation sites (N-methyl/N-ethyl adjacent to an activating group) is 2. The second-order valence-electron chi connectivity index (χ2n) is 10.4. The summed E-state index contributed by atoms with van der Waals surface area (Å²) in [7, 11) is 4.06. The third-order valence-electron chi connectivity index (χ3n) is 7.06. The molecule has 0 spiro atoms. The Morgan fingerprint density at radius 2 is 1.79 bits per heavy atom. The highest BCUT2D eigenvalue weighted by molar-refractivity contribution is 7.82. The van der Waals surface area contributed by atoms with Gasteiger partial charge in [0, 0.05) is 68.9 Å². The molecule has 226 valence electrons. The van der Waals surface area contributed by atoms with Gasteiger partial charge < -0.3 is 25.4 Å². The zero-order valence-corrected chi connectivity index (χ0v) is 24.7. The summed E-state index contributed by atoms with van der Waals surface area (Å²) in [6, 6.07) is 11.3. The molecule has 1 aliphatic rings. The number of benzene rings is 2. The van der Waals surface area contributed by atoms with Crippen LogP contribution in [0.2, 0.25) is 0 Å². The van der Waals surface area contributed by atoms with E-state index in [2.05, 4.69) is 30.7 Å². The van der Waals surface area contributed by atoms with Crippen LogP contribution in [0.5, 0.6) is 0 Å². The van der Waals surface area contributed by atoms with Gasteiger partial charge in [0.25, 0.3) is 11.8 Å². The summed E-state index contributed by atoms with van der Waals surface area (Å²) in [6.45, 7) is 2.01. The molecule has 5 rings (SSSR count). The van der Waals surface area contributed by atoms with Crippen molar-refractivity contribution in [3.63, 3.8) is 0 Å². The molecule has 2 aromatic carbocycles. The average Bonchev–Trinajstić information content (AvgIpc) is 3.65. The van der Waals surface area contributed by atoms with Crippen molar-refractivity contribution >= 4 is 40.0 Å². The number of hydrogen-bond acceptors (Lipinski definition) is 6. The summed E-state index contributed by atoms with van der Waals surface area (Å²) in [4.78, 5) is 33.5. The summed E-state index contributed by atoms with van der Waals surface area (Å²) in [6.07, 6.45) is 2.07. The standard InChI is InChI=1S/C29H32F2N8O3S/c1-37(2)11-12-38(3)20-6-7-22(26(16-20)33-29(41)25-5-4-9-32-25)28(40)34-27-23-17-39(10-8-24(23)35-36-27)43(42)21-14-18(30)13-19(31)15-21/h4-7,9,13-16,32H,8,10-12,17H2,1-3H3,(H,33,41)(H2,34,35,36,40). The highest BCUT2D eigenvalue weighted by atomic mass is 32.2. The summed E-state index contributed by atoms with van der Waals surface area (Å²) >= 11 is 0. The Morgan fingerprint density at radius 3 is 2.49 bits per heavy atom. The van der Waals surface area contributed by atoms with E-state index in [1.54, 1.807) is 40.8 Å². The number of anilines is 3. The first kappa shape index (κ1) is 30.1. The lowest BCUT2D eigenvalue weighted by Gasteiger charge is -2.25. The maximum atomic E-state index is 13.8. The maximum Gasteiger partial charge on any atom is 0.272 e.